The fraction of sp³-hybridized carbons (Fsp3) is 0.909. The maximum absolute atomic E-state index is 10.5. The van der Waals surface area contributed by atoms with Crippen molar-refractivity contribution in [1.29, 1.82) is 0 Å². The summed E-state index contributed by atoms with van der Waals surface area (Å²) in [5.41, 5.74) is 0. The fourth-order valence-electron chi connectivity index (χ4n) is 0.902. The number of nitrogens with zero attached hydrogens (tertiary/aromatic N) is 1. The van der Waals surface area contributed by atoms with Gasteiger partial charge in [0.05, 0.1) is 34.4 Å². The summed E-state index contributed by atoms with van der Waals surface area (Å²) in [4.78, 5) is 10.5. The Morgan fingerprint density at radius 3 is 1.70 bits per heavy atom. The van der Waals surface area contributed by atoms with Crippen LogP contribution in [0.1, 0.15) is 0 Å². The SMILES string of the molecule is C[N+](C)(C)CCO.O=C(CO)C(O)C(O)C(O)CO.[Cl-]. The molecule has 0 aromatic heterocycles. The second-order valence-electron chi connectivity index (χ2n) is 5.05. The van der Waals surface area contributed by atoms with E-state index in [4.69, 9.17) is 30.6 Å². The van der Waals surface area contributed by atoms with Gasteiger partial charge in [-0.15, -0.1) is 0 Å². The molecule has 124 valence electrons. The fourth-order valence-corrected chi connectivity index (χ4v) is 0.902. The van der Waals surface area contributed by atoms with Crippen molar-refractivity contribution in [2.24, 2.45) is 0 Å². The molecule has 0 heterocycles. The van der Waals surface area contributed by atoms with Crippen molar-refractivity contribution >= 4 is 5.78 Å². The molecule has 20 heavy (non-hydrogen) atoms. The van der Waals surface area contributed by atoms with Gasteiger partial charge in [0.15, 0.2) is 5.78 Å². The Hall–Kier alpha value is -0.320. The lowest BCUT2D eigenvalue weighted by molar-refractivity contribution is -0.870. The van der Waals surface area contributed by atoms with Gasteiger partial charge < -0.3 is 47.5 Å². The number of ketones is 1. The second kappa shape index (κ2) is 12.4. The third-order valence-electron chi connectivity index (χ3n) is 2.16. The Kier molecular flexibility index (Phi) is 15.3. The zero-order valence-corrected chi connectivity index (χ0v) is 12.7. The first-order valence-electron chi connectivity index (χ1n) is 5.80. The molecule has 0 aromatic carbocycles. The van der Waals surface area contributed by atoms with E-state index < -0.39 is 37.3 Å². The zero-order chi connectivity index (χ0) is 15.6. The van der Waals surface area contributed by atoms with Gasteiger partial charge in [0.1, 0.15) is 31.5 Å². The summed E-state index contributed by atoms with van der Waals surface area (Å²) < 4.78 is 0.844. The van der Waals surface area contributed by atoms with Crippen LogP contribution in [0.2, 0.25) is 0 Å². The molecule has 8 nitrogen and oxygen atoms in total. The standard InChI is InChI=1S/C6H12O6.C5H14NO.ClH/c7-1-3(9)5(11)6(12)4(10)2-8;1-6(2,3)4-5-7;/h3,5-9,11-12H,1-2H2;7H,4-5H2,1-3H3;1H/q;+1;/p-1. The molecule has 3 atom stereocenters. The van der Waals surface area contributed by atoms with Crippen LogP contribution in [0.25, 0.3) is 0 Å². The van der Waals surface area contributed by atoms with Gasteiger partial charge in [-0.1, -0.05) is 0 Å². The van der Waals surface area contributed by atoms with Gasteiger partial charge >= 0.3 is 0 Å². The highest BCUT2D eigenvalue weighted by molar-refractivity contribution is 5.84. The Labute approximate surface area is 124 Å². The molecule has 0 aliphatic carbocycles. The highest BCUT2D eigenvalue weighted by atomic mass is 35.5. The maximum atomic E-state index is 10.5. The predicted octanol–water partition coefficient (Wildman–Crippen LogP) is -6.69. The lowest BCUT2D eigenvalue weighted by Gasteiger charge is -2.21. The summed E-state index contributed by atoms with van der Waals surface area (Å²) in [6.07, 6.45) is -5.22. The van der Waals surface area contributed by atoms with Crippen LogP contribution in [0.3, 0.4) is 0 Å². The average Bonchev–Trinajstić information content (AvgIpc) is 2.34. The summed E-state index contributed by atoms with van der Waals surface area (Å²) in [7, 11) is 6.16. The van der Waals surface area contributed by atoms with Crippen LogP contribution >= 0.6 is 0 Å². The maximum Gasteiger partial charge on any atom is 0.189 e. The minimum absolute atomic E-state index is 0. The highest BCUT2D eigenvalue weighted by Gasteiger charge is 2.28. The molecule has 0 rings (SSSR count). The summed E-state index contributed by atoms with van der Waals surface area (Å²) in [6, 6.07) is 0. The Bertz CT molecular complexity index is 247. The normalized spacial score (nSPS) is 15.2. The van der Waals surface area contributed by atoms with E-state index in [1.165, 1.54) is 0 Å². The lowest BCUT2D eigenvalue weighted by atomic mass is 10.1. The summed E-state index contributed by atoms with van der Waals surface area (Å²) in [5.74, 6) is -1.00. The first kappa shape index (κ1) is 24.7. The molecule has 3 unspecified atom stereocenters. The molecule has 6 N–H and O–H groups in total. The molecular weight excluding hydrogens is 294 g/mol. The molecular formula is C11H26ClNO7. The third kappa shape index (κ3) is 12.7. The van der Waals surface area contributed by atoms with E-state index in [0.29, 0.717) is 0 Å². The number of aliphatic hydroxyl groups is 6. The quantitative estimate of drug-likeness (QED) is 0.256. The van der Waals surface area contributed by atoms with Crippen LogP contribution in [0, 0.1) is 0 Å². The molecule has 0 bridgehead atoms. The Morgan fingerprint density at radius 2 is 1.50 bits per heavy atom. The van der Waals surface area contributed by atoms with Crippen molar-refractivity contribution in [2.45, 2.75) is 18.3 Å². The summed E-state index contributed by atoms with van der Waals surface area (Å²) >= 11 is 0. The van der Waals surface area contributed by atoms with Crippen molar-refractivity contribution in [1.82, 2.24) is 0 Å². The third-order valence-corrected chi connectivity index (χ3v) is 2.16. The molecule has 0 aromatic rings. The Morgan fingerprint density at radius 1 is 1.05 bits per heavy atom. The number of quaternary nitrogens is 1. The average molecular weight is 320 g/mol. The largest absolute Gasteiger partial charge is 1.00 e. The molecule has 0 fully saturated rings. The number of Topliss-reactive ketones (excluding diaryl/α,β-unsaturated/α-hetero) is 1. The van der Waals surface area contributed by atoms with Crippen LogP contribution in [0.4, 0.5) is 0 Å². The first-order valence-corrected chi connectivity index (χ1v) is 5.80. The molecule has 0 amide bonds. The lowest BCUT2D eigenvalue weighted by Crippen LogP contribution is -3.00. The topological polar surface area (TPSA) is 138 Å². The van der Waals surface area contributed by atoms with Crippen molar-refractivity contribution in [3.05, 3.63) is 0 Å². The van der Waals surface area contributed by atoms with E-state index in [1.54, 1.807) is 0 Å². The monoisotopic (exact) mass is 319 g/mol. The smallest absolute Gasteiger partial charge is 0.189 e. The number of carbonyl (C=O) groups excluding carboxylic acids is 1. The van der Waals surface area contributed by atoms with E-state index in [2.05, 4.69) is 21.1 Å². The van der Waals surface area contributed by atoms with E-state index in [1.807, 2.05) is 0 Å². The predicted molar refractivity (Wildman–Crippen MR) is 67.2 cm³/mol. The van der Waals surface area contributed by atoms with E-state index >= 15 is 0 Å². The van der Waals surface area contributed by atoms with Gasteiger partial charge in [-0.2, -0.15) is 0 Å². The van der Waals surface area contributed by atoms with Crippen molar-refractivity contribution < 1.29 is 52.3 Å². The highest BCUT2D eigenvalue weighted by Crippen LogP contribution is 2.00. The molecule has 0 spiro atoms. The van der Waals surface area contributed by atoms with Gasteiger partial charge in [0.2, 0.25) is 0 Å². The van der Waals surface area contributed by atoms with E-state index in [-0.39, 0.29) is 19.0 Å². The number of halogens is 1. The van der Waals surface area contributed by atoms with Crippen LogP contribution < -0.4 is 12.4 Å². The van der Waals surface area contributed by atoms with Crippen molar-refractivity contribution in [3.8, 4) is 0 Å². The van der Waals surface area contributed by atoms with Crippen LogP contribution in [0.5, 0.6) is 0 Å². The van der Waals surface area contributed by atoms with E-state index in [9.17, 15) is 4.79 Å². The summed E-state index contributed by atoms with van der Waals surface area (Å²) in [5, 5.41) is 51.4. The molecule has 0 saturated heterocycles. The molecule has 0 radical (unpaired) electrons. The second-order valence-corrected chi connectivity index (χ2v) is 5.05. The number of rotatable bonds is 7. The number of hydrogen-bond acceptors (Lipinski definition) is 7. The van der Waals surface area contributed by atoms with Crippen LogP contribution in [0.15, 0.2) is 0 Å². The Balaban J connectivity index is -0.000000312. The number of aliphatic hydroxyl groups excluding tert-OH is 6. The molecule has 0 saturated carbocycles. The van der Waals surface area contributed by atoms with E-state index in [0.717, 1.165) is 11.0 Å². The van der Waals surface area contributed by atoms with Gasteiger partial charge in [0, 0.05) is 0 Å². The van der Waals surface area contributed by atoms with Crippen molar-refractivity contribution in [2.75, 3.05) is 47.5 Å². The number of carbonyl (C=O) groups is 1. The van der Waals surface area contributed by atoms with Crippen LogP contribution in [-0.4, -0.2) is 107 Å². The zero-order valence-electron chi connectivity index (χ0n) is 12.0. The minimum atomic E-state index is -1.86. The number of hydrogen-bond donors (Lipinski definition) is 6. The van der Waals surface area contributed by atoms with Gasteiger partial charge in [-0.3, -0.25) is 4.79 Å². The minimum Gasteiger partial charge on any atom is -1.00 e. The van der Waals surface area contributed by atoms with Crippen LogP contribution in [-0.2, 0) is 4.79 Å². The van der Waals surface area contributed by atoms with Gasteiger partial charge in [-0.25, -0.2) is 0 Å². The van der Waals surface area contributed by atoms with Gasteiger partial charge in [0.25, 0.3) is 0 Å². The molecule has 0 aliphatic heterocycles. The molecule has 9 heteroatoms. The summed E-state index contributed by atoms with van der Waals surface area (Å²) in [6.45, 7) is -0.573. The van der Waals surface area contributed by atoms with Gasteiger partial charge in [-0.05, 0) is 0 Å². The number of likely N-dealkylation sites (N-methyl/N-ethyl adjacent to an activating group) is 1. The van der Waals surface area contributed by atoms with Crippen molar-refractivity contribution in [3.63, 3.8) is 0 Å². The first-order chi connectivity index (χ1) is 8.60. The molecule has 0 aliphatic rings.